The molecule has 11 heteroatoms. The molecule has 3 aromatic carbocycles. The van der Waals surface area contributed by atoms with Crippen LogP contribution in [0.1, 0.15) is 71.7 Å². The summed E-state index contributed by atoms with van der Waals surface area (Å²) < 4.78 is 11.8. The molecule has 0 spiro atoms. The van der Waals surface area contributed by atoms with Crippen molar-refractivity contribution in [2.75, 3.05) is 20.4 Å². The Kier molecular flexibility index (Phi) is 7.26. The predicted octanol–water partition coefficient (Wildman–Crippen LogP) is 3.82. The van der Waals surface area contributed by atoms with Crippen LogP contribution in [-0.4, -0.2) is 75.2 Å². The topological polar surface area (TPSA) is 127 Å². The average molecular weight is 820 g/mol. The Morgan fingerprint density at radius 2 is 1.60 bits per heavy atom. The van der Waals surface area contributed by atoms with Gasteiger partial charge in [-0.2, -0.15) is 5.26 Å². The first kappa shape index (κ1) is 30.5. The number of piperazine rings is 1. The first-order chi connectivity index (χ1) is 21.1. The summed E-state index contributed by atoms with van der Waals surface area (Å²) >= 11 is 0. The summed E-state index contributed by atoms with van der Waals surface area (Å²) in [6.45, 7) is 5.61. The Hall–Kier alpha value is -3.15. The molecule has 5 heterocycles. The number of aromatic hydroxyl groups is 2. The van der Waals surface area contributed by atoms with Crippen LogP contribution in [-0.2, 0) is 12.8 Å². The average Bonchev–Trinajstić information content (AvgIpc) is 3.59. The molecule has 1 unspecified atom stereocenters. The molecule has 0 aliphatic carbocycles. The molecule has 5 atom stereocenters. The molecule has 8 rings (SSSR count). The third-order valence-corrected chi connectivity index (χ3v) is 10.7. The Balaban J connectivity index is 0.00000325. The molecule has 0 saturated carbocycles. The van der Waals surface area contributed by atoms with Crippen molar-refractivity contribution in [3.63, 3.8) is 0 Å². The third-order valence-electron chi connectivity index (χ3n) is 10.7. The van der Waals surface area contributed by atoms with Crippen LogP contribution in [0.3, 0.4) is 0 Å². The summed E-state index contributed by atoms with van der Waals surface area (Å²) in [5.74, 6) is 0.455. The number of hydrogen-bond donors (Lipinski definition) is 2. The fourth-order valence-electron chi connectivity index (χ4n) is 8.46. The van der Waals surface area contributed by atoms with Gasteiger partial charge in [0, 0.05) is 84.9 Å². The molecule has 5 aliphatic rings. The number of phenols is 2. The van der Waals surface area contributed by atoms with E-state index in [9.17, 15) is 25.1 Å². The van der Waals surface area contributed by atoms with E-state index >= 15 is 0 Å². The summed E-state index contributed by atoms with van der Waals surface area (Å²) in [4.78, 5) is 32.9. The number of ether oxygens (including phenoxy) is 2. The number of hydrogen-bond acceptors (Lipinski definition) is 9. The number of nitriles is 1. The van der Waals surface area contributed by atoms with Crippen molar-refractivity contribution in [1.29, 1.82) is 5.26 Å². The molecule has 2 N–H and O–H groups in total. The molecule has 45 heavy (non-hydrogen) atoms. The summed E-state index contributed by atoms with van der Waals surface area (Å²) in [6, 6.07) is 9.28. The third kappa shape index (κ3) is 4.02. The van der Waals surface area contributed by atoms with Gasteiger partial charge in [0.05, 0.1) is 29.3 Å². The van der Waals surface area contributed by atoms with Crippen LogP contribution in [0.25, 0.3) is 0 Å². The van der Waals surface area contributed by atoms with Gasteiger partial charge >= 0.3 is 0 Å². The predicted molar refractivity (Wildman–Crippen MR) is 158 cm³/mol. The molecule has 0 aromatic heterocycles. The minimum Gasteiger partial charge on any atom is -0.507 e. The first-order valence-corrected chi connectivity index (χ1v) is 14.9. The molecule has 1 saturated heterocycles. The summed E-state index contributed by atoms with van der Waals surface area (Å²) in [7, 11) is 1.99. The van der Waals surface area contributed by atoms with Crippen LogP contribution >= 0.6 is 0 Å². The van der Waals surface area contributed by atoms with E-state index in [1.807, 2.05) is 20.9 Å². The number of phenolic OH excluding ortho intramolecular Hbond substituents is 2. The SMILES string of the molecule is Cc1cc2c(c(O)c1C)[C@@H]1C3Cc4c(O)c(C)c5c(c4[C@H](CN4C(=O)c6ccccc6C4=O)N3[C@@H](C#N)[C@@H](C2)N1C)OCO5.[Ac]. The number of benzene rings is 3. The van der Waals surface area contributed by atoms with Gasteiger partial charge in [0.25, 0.3) is 11.8 Å². The van der Waals surface area contributed by atoms with E-state index in [-0.39, 0.29) is 87.0 Å². The van der Waals surface area contributed by atoms with Gasteiger partial charge in [-0.25, -0.2) is 0 Å². The largest absolute Gasteiger partial charge is 0.507 e. The minimum atomic E-state index is -0.675. The van der Waals surface area contributed by atoms with E-state index in [1.54, 1.807) is 31.2 Å². The Morgan fingerprint density at radius 3 is 2.27 bits per heavy atom. The zero-order chi connectivity index (χ0) is 30.8. The van der Waals surface area contributed by atoms with Crippen LogP contribution in [0.4, 0.5) is 0 Å². The molecule has 2 bridgehead atoms. The maximum Gasteiger partial charge on any atom is 0.261 e. The number of imide groups is 1. The Bertz CT molecular complexity index is 1840. The van der Waals surface area contributed by atoms with Crippen molar-refractivity contribution in [2.24, 2.45) is 0 Å². The number of carbonyl (C=O) groups is 2. The molecule has 227 valence electrons. The fraction of sp³-hybridized carbons (Fsp3) is 0.382. The fourth-order valence-corrected chi connectivity index (χ4v) is 8.46. The van der Waals surface area contributed by atoms with Crippen LogP contribution in [0.5, 0.6) is 23.0 Å². The molecule has 2 amide bonds. The maximum absolute atomic E-state index is 13.7. The Morgan fingerprint density at radius 1 is 0.933 bits per heavy atom. The van der Waals surface area contributed by atoms with E-state index in [1.165, 1.54) is 4.90 Å². The number of likely N-dealkylation sites (N-methyl/N-ethyl adjacent to an activating group) is 1. The molecule has 10 nitrogen and oxygen atoms in total. The van der Waals surface area contributed by atoms with E-state index in [2.05, 4.69) is 21.9 Å². The van der Waals surface area contributed by atoms with Crippen molar-refractivity contribution in [2.45, 2.75) is 63.8 Å². The number of aryl methyl sites for hydroxylation is 1. The van der Waals surface area contributed by atoms with E-state index in [0.29, 0.717) is 52.2 Å². The van der Waals surface area contributed by atoms with Crippen molar-refractivity contribution in [1.82, 2.24) is 14.7 Å². The molecule has 3 aromatic rings. The molecule has 1 fully saturated rings. The number of nitrogens with zero attached hydrogens (tertiary/aromatic N) is 4. The van der Waals surface area contributed by atoms with Crippen LogP contribution in [0.2, 0.25) is 0 Å². The zero-order valence-electron chi connectivity index (χ0n) is 25.5. The number of fused-ring (bicyclic) bond motifs is 10. The second-order valence-electron chi connectivity index (χ2n) is 12.6. The first-order valence-electron chi connectivity index (χ1n) is 14.9. The van der Waals surface area contributed by atoms with Crippen molar-refractivity contribution in [3.05, 3.63) is 80.4 Å². The normalized spacial score (nSPS) is 26.0. The molecule has 5 aliphatic heterocycles. The molecular weight excluding hydrogens is 787 g/mol. The Labute approximate surface area is 296 Å². The van der Waals surface area contributed by atoms with E-state index in [4.69, 9.17) is 9.47 Å². The maximum atomic E-state index is 13.7. The summed E-state index contributed by atoms with van der Waals surface area (Å²) in [6.07, 6.45) is 0.922. The van der Waals surface area contributed by atoms with Gasteiger partial charge in [0.2, 0.25) is 6.79 Å². The van der Waals surface area contributed by atoms with Gasteiger partial charge in [-0.3, -0.25) is 24.3 Å². The second-order valence-corrected chi connectivity index (χ2v) is 12.6. The van der Waals surface area contributed by atoms with Crippen LogP contribution < -0.4 is 9.47 Å². The van der Waals surface area contributed by atoms with Crippen molar-refractivity contribution in [3.8, 4) is 29.1 Å². The number of rotatable bonds is 2. The van der Waals surface area contributed by atoms with Gasteiger partial charge in [0.15, 0.2) is 11.5 Å². The van der Waals surface area contributed by atoms with Gasteiger partial charge in [0.1, 0.15) is 17.5 Å². The zero-order valence-corrected chi connectivity index (χ0v) is 30.2. The van der Waals surface area contributed by atoms with E-state index in [0.717, 1.165) is 22.3 Å². The molecular formula is C34H32AcN4O6. The van der Waals surface area contributed by atoms with Gasteiger partial charge in [-0.1, -0.05) is 18.2 Å². The smallest absolute Gasteiger partial charge is 0.261 e. The van der Waals surface area contributed by atoms with Crippen molar-refractivity contribution < 1.29 is 73.3 Å². The molecule has 1 radical (unpaired) electrons. The van der Waals surface area contributed by atoms with Gasteiger partial charge in [-0.05, 0) is 69.5 Å². The monoisotopic (exact) mass is 819 g/mol. The van der Waals surface area contributed by atoms with Crippen LogP contribution in [0, 0.1) is 76.2 Å². The summed E-state index contributed by atoms with van der Waals surface area (Å²) in [5.41, 5.74) is 6.19. The summed E-state index contributed by atoms with van der Waals surface area (Å²) in [5, 5.41) is 34.0. The number of carbonyl (C=O) groups excluding carboxylic acids is 2. The van der Waals surface area contributed by atoms with E-state index < -0.39 is 23.9 Å². The van der Waals surface area contributed by atoms with Crippen molar-refractivity contribution >= 4 is 11.8 Å². The van der Waals surface area contributed by atoms with Gasteiger partial charge in [-0.15, -0.1) is 0 Å². The second kappa shape index (κ2) is 10.7. The standard InChI is InChI=1S/C34H32N4O6.Ac/c1-15-9-18-10-22-24(12-35)38-23(28(36(22)4)26(18)30(40)16(15)2)11-21-27(32-31(43-14-44-32)17(3)29(21)39)25(38)13-37-33(41)19-7-5-6-8-20(19)34(37)42;/h5-9,22-25,28,39-40H,10-11,13-14H2,1-4H3;/t22-,23?,24+,25+,28+;/m1./s1. The van der Waals surface area contributed by atoms with Crippen LogP contribution in [0.15, 0.2) is 30.3 Å². The number of amides is 2. The van der Waals surface area contributed by atoms with Gasteiger partial charge < -0.3 is 19.7 Å². The minimum absolute atomic E-state index is 0. The quantitative estimate of drug-likeness (QED) is 0.372.